The van der Waals surface area contributed by atoms with Crippen LogP contribution >= 0.6 is 0 Å². The van der Waals surface area contributed by atoms with E-state index in [1.165, 1.54) is 31.4 Å². The summed E-state index contributed by atoms with van der Waals surface area (Å²) in [5.41, 5.74) is 2.14. The zero-order chi connectivity index (χ0) is 16.7. The molecule has 0 aromatic carbocycles. The number of ether oxygens (including phenoxy) is 1. The normalized spacial score (nSPS) is 23.2. The van der Waals surface area contributed by atoms with Crippen molar-refractivity contribution in [3.8, 4) is 0 Å². The summed E-state index contributed by atoms with van der Waals surface area (Å²) in [7, 11) is 3.58. The van der Waals surface area contributed by atoms with Gasteiger partial charge < -0.3 is 14.5 Å². The molecule has 2 fully saturated rings. The Bertz CT molecular complexity index is 606. The molecule has 1 aromatic rings. The summed E-state index contributed by atoms with van der Waals surface area (Å²) in [6.07, 6.45) is 5.18. The van der Waals surface area contributed by atoms with Crippen LogP contribution in [0.15, 0.2) is 0 Å². The van der Waals surface area contributed by atoms with Gasteiger partial charge in [-0.05, 0) is 37.5 Å². The summed E-state index contributed by atoms with van der Waals surface area (Å²) in [6.45, 7) is 3.70. The van der Waals surface area contributed by atoms with Gasteiger partial charge in [0.2, 0.25) is 0 Å². The van der Waals surface area contributed by atoms with Crippen molar-refractivity contribution >= 4 is 6.03 Å². The molecule has 0 N–H and O–H groups in total. The Labute approximate surface area is 142 Å². The summed E-state index contributed by atoms with van der Waals surface area (Å²) in [5.74, 6) is 1.68. The van der Waals surface area contributed by atoms with E-state index < -0.39 is 0 Å². The van der Waals surface area contributed by atoms with E-state index in [9.17, 15) is 4.79 Å². The lowest BCUT2D eigenvalue weighted by Gasteiger charge is -2.34. The van der Waals surface area contributed by atoms with Gasteiger partial charge in [0.15, 0.2) is 0 Å². The molecule has 4 rings (SSSR count). The Balaban J connectivity index is 1.51. The highest BCUT2D eigenvalue weighted by Crippen LogP contribution is 2.34. The second-order valence-corrected chi connectivity index (χ2v) is 7.78. The van der Waals surface area contributed by atoms with Crippen molar-refractivity contribution in [3.05, 3.63) is 11.4 Å². The summed E-state index contributed by atoms with van der Waals surface area (Å²) < 4.78 is 8.05. The summed E-state index contributed by atoms with van der Waals surface area (Å²) in [4.78, 5) is 15.9. The van der Waals surface area contributed by atoms with Crippen LogP contribution in [0.4, 0.5) is 4.79 Å². The monoisotopic (exact) mass is 333 g/mol. The Kier molecular flexibility index (Phi) is 4.20. The smallest absolute Gasteiger partial charge is 0.319 e. The van der Waals surface area contributed by atoms with Gasteiger partial charge in [-0.2, -0.15) is 0 Å². The fourth-order valence-electron chi connectivity index (χ4n) is 3.41. The molecule has 24 heavy (non-hydrogen) atoms. The van der Waals surface area contributed by atoms with Crippen molar-refractivity contribution < 1.29 is 9.53 Å². The molecule has 7 heteroatoms. The third-order valence-electron chi connectivity index (χ3n) is 5.17. The SMILES string of the molecule is CN(C)C(=O)N1Cc2nnn(CC3CC3)c2[C@H](COCC2CC2)C1. The van der Waals surface area contributed by atoms with E-state index >= 15 is 0 Å². The van der Waals surface area contributed by atoms with Crippen molar-refractivity contribution in [3.63, 3.8) is 0 Å². The largest absolute Gasteiger partial charge is 0.380 e. The lowest BCUT2D eigenvalue weighted by atomic mass is 9.99. The van der Waals surface area contributed by atoms with Gasteiger partial charge in [0, 0.05) is 39.7 Å². The summed E-state index contributed by atoms with van der Waals surface area (Å²) >= 11 is 0. The van der Waals surface area contributed by atoms with Crippen molar-refractivity contribution in [2.24, 2.45) is 11.8 Å². The molecule has 2 amide bonds. The molecule has 2 aliphatic carbocycles. The molecular weight excluding hydrogens is 306 g/mol. The molecule has 1 aromatic heterocycles. The van der Waals surface area contributed by atoms with E-state index in [-0.39, 0.29) is 11.9 Å². The predicted molar refractivity (Wildman–Crippen MR) is 88.5 cm³/mol. The van der Waals surface area contributed by atoms with Crippen LogP contribution in [0.1, 0.15) is 43.0 Å². The minimum Gasteiger partial charge on any atom is -0.380 e. The fraction of sp³-hybridized carbons (Fsp3) is 0.824. The number of fused-ring (bicyclic) bond motifs is 1. The molecule has 2 saturated carbocycles. The highest BCUT2D eigenvalue weighted by Gasteiger charge is 2.35. The van der Waals surface area contributed by atoms with E-state index in [0.29, 0.717) is 19.7 Å². The summed E-state index contributed by atoms with van der Waals surface area (Å²) in [6, 6.07) is 0.0320. The van der Waals surface area contributed by atoms with Crippen LogP contribution in [0.3, 0.4) is 0 Å². The second-order valence-electron chi connectivity index (χ2n) is 7.78. The van der Waals surface area contributed by atoms with Gasteiger partial charge in [0.1, 0.15) is 5.69 Å². The maximum absolute atomic E-state index is 12.4. The van der Waals surface area contributed by atoms with Crippen LogP contribution in [0.5, 0.6) is 0 Å². The fourth-order valence-corrected chi connectivity index (χ4v) is 3.41. The van der Waals surface area contributed by atoms with Gasteiger partial charge in [0.05, 0.1) is 18.8 Å². The van der Waals surface area contributed by atoms with E-state index in [4.69, 9.17) is 4.74 Å². The maximum Gasteiger partial charge on any atom is 0.319 e. The van der Waals surface area contributed by atoms with E-state index in [2.05, 4.69) is 15.0 Å². The molecular formula is C17H27N5O2. The lowest BCUT2D eigenvalue weighted by Crippen LogP contribution is -2.45. The number of carbonyl (C=O) groups excluding carboxylic acids is 1. The molecule has 1 aliphatic heterocycles. The standard InChI is InChI=1S/C17H27N5O2/c1-20(2)17(23)21-8-14(11-24-10-13-5-6-13)16-15(9-21)18-19-22(16)7-12-3-4-12/h12-14H,3-11H2,1-2H3/t14-/m0/s1. The van der Waals surface area contributed by atoms with Crippen molar-refractivity contribution in [2.45, 2.75) is 44.7 Å². The van der Waals surface area contributed by atoms with E-state index in [0.717, 1.165) is 30.7 Å². The van der Waals surface area contributed by atoms with Crippen molar-refractivity contribution in [1.29, 1.82) is 0 Å². The number of nitrogens with zero attached hydrogens (tertiary/aromatic N) is 5. The Morgan fingerprint density at radius 3 is 2.62 bits per heavy atom. The van der Waals surface area contributed by atoms with Crippen LogP contribution in [0.2, 0.25) is 0 Å². The molecule has 7 nitrogen and oxygen atoms in total. The van der Waals surface area contributed by atoms with Gasteiger partial charge in [0.25, 0.3) is 0 Å². The first-order valence-electron chi connectivity index (χ1n) is 9.08. The molecule has 132 valence electrons. The van der Waals surface area contributed by atoms with Crippen molar-refractivity contribution in [2.75, 3.05) is 33.9 Å². The minimum atomic E-state index is 0.0320. The molecule has 0 spiro atoms. The maximum atomic E-state index is 12.4. The van der Waals surface area contributed by atoms with Crippen LogP contribution in [-0.2, 0) is 17.8 Å². The Morgan fingerprint density at radius 1 is 1.21 bits per heavy atom. The van der Waals surface area contributed by atoms with Crippen LogP contribution in [-0.4, -0.2) is 64.7 Å². The zero-order valence-corrected chi connectivity index (χ0v) is 14.6. The number of amides is 2. The van der Waals surface area contributed by atoms with Crippen LogP contribution in [0.25, 0.3) is 0 Å². The summed E-state index contributed by atoms with van der Waals surface area (Å²) in [5, 5.41) is 8.76. The van der Waals surface area contributed by atoms with E-state index in [1.807, 2.05) is 4.90 Å². The molecule has 0 saturated heterocycles. The predicted octanol–water partition coefficient (Wildman–Crippen LogP) is 1.70. The molecule has 2 heterocycles. The highest BCUT2D eigenvalue weighted by molar-refractivity contribution is 5.74. The number of carbonyl (C=O) groups is 1. The molecule has 0 bridgehead atoms. The van der Waals surface area contributed by atoms with Crippen LogP contribution in [0, 0.1) is 11.8 Å². The topological polar surface area (TPSA) is 63.5 Å². The minimum absolute atomic E-state index is 0.0320. The number of aromatic nitrogens is 3. The molecule has 3 aliphatic rings. The average Bonchev–Trinajstić information content (AvgIpc) is 3.47. The van der Waals surface area contributed by atoms with Gasteiger partial charge in [-0.1, -0.05) is 5.21 Å². The molecule has 0 unspecified atom stereocenters. The van der Waals surface area contributed by atoms with Crippen LogP contribution < -0.4 is 0 Å². The van der Waals surface area contributed by atoms with Gasteiger partial charge in [-0.15, -0.1) is 5.10 Å². The number of urea groups is 1. The highest BCUT2D eigenvalue weighted by atomic mass is 16.5. The van der Waals surface area contributed by atoms with Gasteiger partial charge in [-0.25, -0.2) is 9.48 Å². The Hall–Kier alpha value is -1.63. The third kappa shape index (κ3) is 3.41. The first kappa shape index (κ1) is 15.9. The van der Waals surface area contributed by atoms with E-state index in [1.54, 1.807) is 19.0 Å². The third-order valence-corrected chi connectivity index (χ3v) is 5.17. The quantitative estimate of drug-likeness (QED) is 0.795. The lowest BCUT2D eigenvalue weighted by molar-refractivity contribution is 0.0891. The first-order chi connectivity index (χ1) is 11.6. The number of rotatable bonds is 6. The molecule has 1 atom stereocenters. The van der Waals surface area contributed by atoms with Crippen molar-refractivity contribution in [1.82, 2.24) is 24.8 Å². The molecule has 0 radical (unpaired) electrons. The zero-order valence-electron chi connectivity index (χ0n) is 14.6. The van der Waals surface area contributed by atoms with Gasteiger partial charge in [-0.3, -0.25) is 0 Å². The average molecular weight is 333 g/mol. The number of hydrogen-bond donors (Lipinski definition) is 0. The second kappa shape index (κ2) is 6.35. The first-order valence-corrected chi connectivity index (χ1v) is 9.08. The Morgan fingerprint density at radius 2 is 1.96 bits per heavy atom. The van der Waals surface area contributed by atoms with Gasteiger partial charge >= 0.3 is 6.03 Å². The number of hydrogen-bond acceptors (Lipinski definition) is 4.